The molecule has 0 saturated carbocycles. The van der Waals surface area contributed by atoms with Gasteiger partial charge in [0.25, 0.3) is 0 Å². The Hall–Kier alpha value is -2.03. The van der Waals surface area contributed by atoms with E-state index < -0.39 is 0 Å². The van der Waals surface area contributed by atoms with Crippen LogP contribution in [-0.2, 0) is 6.42 Å². The lowest BCUT2D eigenvalue weighted by Gasteiger charge is -2.08. The van der Waals surface area contributed by atoms with Gasteiger partial charge in [0.05, 0.1) is 6.54 Å². The Bertz CT molecular complexity index is 454. The van der Waals surface area contributed by atoms with Crippen LogP contribution in [0.15, 0.2) is 48.7 Å². The molecule has 1 heterocycles. The number of benzene rings is 1. The van der Waals surface area contributed by atoms with E-state index in [2.05, 4.69) is 29.4 Å². The summed E-state index contributed by atoms with van der Waals surface area (Å²) < 4.78 is 5.64. The Balaban J connectivity index is 1.72. The van der Waals surface area contributed by atoms with Gasteiger partial charge < -0.3 is 10.1 Å². The van der Waals surface area contributed by atoms with Gasteiger partial charge in [-0.2, -0.15) is 0 Å². The molecule has 2 rings (SSSR count). The first-order valence-electron chi connectivity index (χ1n) is 6.25. The van der Waals surface area contributed by atoms with E-state index in [9.17, 15) is 0 Å². The molecule has 2 aromatic rings. The molecule has 0 aliphatic carbocycles. The number of ether oxygens (including phenoxy) is 1. The molecule has 1 N–H and O–H groups in total. The highest BCUT2D eigenvalue weighted by Gasteiger charge is 1.95. The van der Waals surface area contributed by atoms with E-state index in [1.165, 1.54) is 5.56 Å². The van der Waals surface area contributed by atoms with Crippen LogP contribution in [0.5, 0.6) is 5.75 Å². The van der Waals surface area contributed by atoms with Gasteiger partial charge in [-0.05, 0) is 36.2 Å². The minimum atomic E-state index is 0.627. The molecule has 0 unspecified atom stereocenters. The fourth-order valence-corrected chi connectivity index (χ4v) is 1.64. The van der Waals surface area contributed by atoms with Gasteiger partial charge in [0.15, 0.2) is 0 Å². The predicted molar refractivity (Wildman–Crippen MR) is 74.0 cm³/mol. The van der Waals surface area contributed by atoms with Crippen LogP contribution in [0.25, 0.3) is 0 Å². The monoisotopic (exact) mass is 242 g/mol. The Morgan fingerprint density at radius 1 is 1.11 bits per heavy atom. The molecule has 0 saturated heterocycles. The zero-order chi connectivity index (χ0) is 12.6. The summed E-state index contributed by atoms with van der Waals surface area (Å²) in [6, 6.07) is 14.0. The van der Waals surface area contributed by atoms with Crippen LogP contribution in [0, 0.1) is 0 Å². The summed E-state index contributed by atoms with van der Waals surface area (Å²) in [4.78, 5) is 4.18. The van der Waals surface area contributed by atoms with Crippen molar-refractivity contribution in [3.63, 3.8) is 0 Å². The molecule has 0 spiro atoms. The maximum absolute atomic E-state index is 5.64. The van der Waals surface area contributed by atoms with Gasteiger partial charge >= 0.3 is 0 Å². The molecule has 18 heavy (non-hydrogen) atoms. The Morgan fingerprint density at radius 2 is 1.94 bits per heavy atom. The number of nitrogens with zero attached hydrogens (tertiary/aromatic N) is 1. The number of rotatable bonds is 6. The molecule has 3 heteroatoms. The third-order valence-corrected chi connectivity index (χ3v) is 2.67. The number of pyridine rings is 1. The first kappa shape index (κ1) is 12.4. The Kier molecular flexibility index (Phi) is 4.59. The molecular formula is C15H18N2O. The van der Waals surface area contributed by atoms with E-state index in [1.54, 1.807) is 6.20 Å². The van der Waals surface area contributed by atoms with Crippen LogP contribution >= 0.6 is 0 Å². The van der Waals surface area contributed by atoms with Gasteiger partial charge in [-0.3, -0.25) is 0 Å². The topological polar surface area (TPSA) is 34.1 Å². The molecular weight excluding hydrogens is 224 g/mol. The van der Waals surface area contributed by atoms with Gasteiger partial charge in [0.2, 0.25) is 0 Å². The van der Waals surface area contributed by atoms with Crippen molar-refractivity contribution in [1.29, 1.82) is 0 Å². The average Bonchev–Trinajstić information content (AvgIpc) is 2.45. The maximum atomic E-state index is 5.64. The van der Waals surface area contributed by atoms with Crippen LogP contribution in [0.1, 0.15) is 12.5 Å². The minimum Gasteiger partial charge on any atom is -0.492 e. The van der Waals surface area contributed by atoms with Gasteiger partial charge in [0.1, 0.15) is 18.2 Å². The van der Waals surface area contributed by atoms with E-state index >= 15 is 0 Å². The second kappa shape index (κ2) is 6.64. The largest absolute Gasteiger partial charge is 0.492 e. The molecule has 0 radical (unpaired) electrons. The number of nitrogens with one attached hydrogen (secondary N) is 1. The fraction of sp³-hybridized carbons (Fsp3) is 0.267. The van der Waals surface area contributed by atoms with Crippen molar-refractivity contribution in [2.24, 2.45) is 0 Å². The van der Waals surface area contributed by atoms with Crippen molar-refractivity contribution < 1.29 is 4.74 Å². The van der Waals surface area contributed by atoms with Crippen molar-refractivity contribution in [3.8, 4) is 5.75 Å². The van der Waals surface area contributed by atoms with Gasteiger partial charge in [-0.15, -0.1) is 0 Å². The average molecular weight is 242 g/mol. The summed E-state index contributed by atoms with van der Waals surface area (Å²) in [6.07, 6.45) is 2.83. The second-order valence-electron chi connectivity index (χ2n) is 3.99. The lowest BCUT2D eigenvalue weighted by Crippen LogP contribution is -2.12. The Labute approximate surface area is 108 Å². The van der Waals surface area contributed by atoms with Crippen LogP contribution in [0.4, 0.5) is 5.82 Å². The first-order chi connectivity index (χ1) is 8.88. The second-order valence-corrected chi connectivity index (χ2v) is 3.99. The molecule has 0 aliphatic rings. The highest BCUT2D eigenvalue weighted by Crippen LogP contribution is 2.12. The smallest absolute Gasteiger partial charge is 0.125 e. The minimum absolute atomic E-state index is 0.627. The molecule has 0 bridgehead atoms. The summed E-state index contributed by atoms with van der Waals surface area (Å²) in [5.74, 6) is 1.79. The van der Waals surface area contributed by atoms with Crippen LogP contribution in [0.3, 0.4) is 0 Å². The molecule has 1 aromatic heterocycles. The van der Waals surface area contributed by atoms with Crippen LogP contribution in [0.2, 0.25) is 0 Å². The number of aromatic nitrogens is 1. The van der Waals surface area contributed by atoms with Gasteiger partial charge in [0, 0.05) is 6.20 Å². The lowest BCUT2D eigenvalue weighted by atomic mass is 10.2. The molecule has 1 aromatic carbocycles. The summed E-state index contributed by atoms with van der Waals surface area (Å²) >= 11 is 0. The quantitative estimate of drug-likeness (QED) is 0.790. The third kappa shape index (κ3) is 3.77. The number of hydrogen-bond acceptors (Lipinski definition) is 3. The number of hydrogen-bond donors (Lipinski definition) is 1. The number of aryl methyl sites for hydroxylation is 1. The highest BCUT2D eigenvalue weighted by molar-refractivity contribution is 5.33. The SMILES string of the molecule is CCc1ccc(OCCNc2ccccn2)cc1. The van der Waals surface area contributed by atoms with E-state index in [-0.39, 0.29) is 0 Å². The van der Waals surface area contributed by atoms with E-state index in [4.69, 9.17) is 4.74 Å². The number of anilines is 1. The molecule has 0 atom stereocenters. The first-order valence-corrected chi connectivity index (χ1v) is 6.25. The summed E-state index contributed by atoms with van der Waals surface area (Å²) in [6.45, 7) is 3.52. The summed E-state index contributed by atoms with van der Waals surface area (Å²) in [5.41, 5.74) is 1.33. The van der Waals surface area contributed by atoms with Gasteiger partial charge in [-0.25, -0.2) is 4.98 Å². The molecule has 3 nitrogen and oxygen atoms in total. The van der Waals surface area contributed by atoms with E-state index in [0.717, 1.165) is 24.5 Å². The van der Waals surface area contributed by atoms with Crippen molar-refractivity contribution >= 4 is 5.82 Å². The van der Waals surface area contributed by atoms with Crippen LogP contribution in [-0.4, -0.2) is 18.1 Å². The normalized spacial score (nSPS) is 10.1. The predicted octanol–water partition coefficient (Wildman–Crippen LogP) is 3.13. The van der Waals surface area contributed by atoms with Crippen molar-refractivity contribution in [1.82, 2.24) is 4.98 Å². The van der Waals surface area contributed by atoms with Crippen molar-refractivity contribution in [2.45, 2.75) is 13.3 Å². The third-order valence-electron chi connectivity index (χ3n) is 2.67. The summed E-state index contributed by atoms with van der Waals surface area (Å²) in [5, 5.41) is 3.20. The Morgan fingerprint density at radius 3 is 2.61 bits per heavy atom. The van der Waals surface area contributed by atoms with E-state index in [1.807, 2.05) is 30.3 Å². The molecule has 94 valence electrons. The zero-order valence-electron chi connectivity index (χ0n) is 10.6. The molecule has 0 aliphatic heterocycles. The highest BCUT2D eigenvalue weighted by atomic mass is 16.5. The zero-order valence-corrected chi connectivity index (χ0v) is 10.6. The lowest BCUT2D eigenvalue weighted by molar-refractivity contribution is 0.332. The summed E-state index contributed by atoms with van der Waals surface area (Å²) in [7, 11) is 0. The molecule has 0 amide bonds. The maximum Gasteiger partial charge on any atom is 0.125 e. The van der Waals surface area contributed by atoms with E-state index in [0.29, 0.717) is 6.61 Å². The van der Waals surface area contributed by atoms with Crippen molar-refractivity contribution in [2.75, 3.05) is 18.5 Å². The fourth-order valence-electron chi connectivity index (χ4n) is 1.64. The molecule has 0 fully saturated rings. The standard InChI is InChI=1S/C15H18N2O/c1-2-13-6-8-14(9-7-13)18-12-11-17-15-5-3-4-10-16-15/h3-10H,2,11-12H2,1H3,(H,16,17). The van der Waals surface area contributed by atoms with Crippen molar-refractivity contribution in [3.05, 3.63) is 54.2 Å². The van der Waals surface area contributed by atoms with Gasteiger partial charge in [-0.1, -0.05) is 25.1 Å². The van der Waals surface area contributed by atoms with Crippen LogP contribution < -0.4 is 10.1 Å².